The van der Waals surface area contributed by atoms with Crippen LogP contribution in [0.4, 0.5) is 5.82 Å². The Kier molecular flexibility index (Phi) is 4.93. The van der Waals surface area contributed by atoms with Crippen molar-refractivity contribution in [3.05, 3.63) is 78.5 Å². The summed E-state index contributed by atoms with van der Waals surface area (Å²) in [6, 6.07) is 19.4. The minimum atomic E-state index is -0.295. The molecule has 2 aromatic carbocycles. The SMILES string of the molecule is O=C(/C=C/c1cccc2ccccc12)NC(=S)Nc1ccccn1. The molecule has 118 valence electrons. The lowest BCUT2D eigenvalue weighted by Gasteiger charge is -2.06. The number of hydrogen-bond acceptors (Lipinski definition) is 3. The second kappa shape index (κ2) is 7.48. The quantitative estimate of drug-likeness (QED) is 0.566. The molecule has 1 heterocycles. The van der Waals surface area contributed by atoms with Crippen molar-refractivity contribution in [2.75, 3.05) is 5.32 Å². The highest BCUT2D eigenvalue weighted by Gasteiger charge is 2.02. The molecule has 0 aliphatic carbocycles. The van der Waals surface area contributed by atoms with E-state index in [9.17, 15) is 4.79 Å². The first kappa shape index (κ1) is 15.8. The minimum Gasteiger partial charge on any atom is -0.317 e. The van der Waals surface area contributed by atoms with Crippen molar-refractivity contribution in [1.29, 1.82) is 0 Å². The van der Waals surface area contributed by atoms with Crippen LogP contribution in [0.3, 0.4) is 0 Å². The predicted molar refractivity (Wildman–Crippen MR) is 102 cm³/mol. The molecular weight excluding hydrogens is 318 g/mol. The fraction of sp³-hybridized carbons (Fsp3) is 0. The third-order valence-electron chi connectivity index (χ3n) is 3.38. The Morgan fingerprint density at radius 2 is 1.79 bits per heavy atom. The molecule has 0 aliphatic heterocycles. The van der Waals surface area contributed by atoms with Crippen LogP contribution >= 0.6 is 12.2 Å². The summed E-state index contributed by atoms with van der Waals surface area (Å²) < 4.78 is 0. The molecule has 0 aliphatic rings. The summed E-state index contributed by atoms with van der Waals surface area (Å²) in [7, 11) is 0. The fourth-order valence-electron chi connectivity index (χ4n) is 2.30. The van der Waals surface area contributed by atoms with Crippen LogP contribution < -0.4 is 10.6 Å². The molecule has 0 fully saturated rings. The lowest BCUT2D eigenvalue weighted by Crippen LogP contribution is -2.33. The summed E-state index contributed by atoms with van der Waals surface area (Å²) in [6.45, 7) is 0. The maximum Gasteiger partial charge on any atom is 0.250 e. The molecule has 0 spiro atoms. The number of pyridine rings is 1. The zero-order chi connectivity index (χ0) is 16.8. The summed E-state index contributed by atoms with van der Waals surface area (Å²) in [5, 5.41) is 7.89. The van der Waals surface area contributed by atoms with E-state index in [4.69, 9.17) is 12.2 Å². The highest BCUT2D eigenvalue weighted by atomic mass is 32.1. The van der Waals surface area contributed by atoms with E-state index in [0.717, 1.165) is 16.3 Å². The Bertz CT molecular complexity index is 901. The van der Waals surface area contributed by atoms with Crippen LogP contribution in [0.1, 0.15) is 5.56 Å². The van der Waals surface area contributed by atoms with Gasteiger partial charge >= 0.3 is 0 Å². The molecule has 0 radical (unpaired) electrons. The average Bonchev–Trinajstić information content (AvgIpc) is 2.60. The molecule has 2 N–H and O–H groups in total. The van der Waals surface area contributed by atoms with Crippen LogP contribution in [0.15, 0.2) is 72.9 Å². The number of carbonyl (C=O) groups excluding carboxylic acids is 1. The minimum absolute atomic E-state index is 0.210. The summed E-state index contributed by atoms with van der Waals surface area (Å²) in [4.78, 5) is 16.1. The lowest BCUT2D eigenvalue weighted by molar-refractivity contribution is -0.115. The zero-order valence-corrected chi connectivity index (χ0v) is 13.6. The van der Waals surface area contributed by atoms with Crippen LogP contribution in [0.2, 0.25) is 0 Å². The Labute approximate surface area is 145 Å². The van der Waals surface area contributed by atoms with Crippen LogP contribution in [0.25, 0.3) is 16.8 Å². The first-order valence-corrected chi connectivity index (χ1v) is 7.82. The van der Waals surface area contributed by atoms with E-state index in [0.29, 0.717) is 5.82 Å². The molecule has 3 rings (SSSR count). The molecule has 0 bridgehead atoms. The Hall–Kier alpha value is -3.05. The van der Waals surface area contributed by atoms with Crippen molar-refractivity contribution in [3.63, 3.8) is 0 Å². The van der Waals surface area contributed by atoms with Gasteiger partial charge in [0, 0.05) is 12.3 Å². The monoisotopic (exact) mass is 333 g/mol. The molecule has 1 amide bonds. The van der Waals surface area contributed by atoms with Crippen LogP contribution in [-0.4, -0.2) is 16.0 Å². The number of amides is 1. The molecule has 1 aromatic heterocycles. The van der Waals surface area contributed by atoms with E-state index in [-0.39, 0.29) is 11.0 Å². The van der Waals surface area contributed by atoms with Gasteiger partial charge in [-0.05, 0) is 46.8 Å². The molecule has 5 heteroatoms. The largest absolute Gasteiger partial charge is 0.317 e. The number of carbonyl (C=O) groups is 1. The van der Waals surface area contributed by atoms with Crippen molar-refractivity contribution in [3.8, 4) is 0 Å². The second-order valence-electron chi connectivity index (χ2n) is 5.06. The van der Waals surface area contributed by atoms with E-state index >= 15 is 0 Å². The topological polar surface area (TPSA) is 54.0 Å². The van der Waals surface area contributed by atoms with Crippen molar-refractivity contribution < 1.29 is 4.79 Å². The molecule has 24 heavy (non-hydrogen) atoms. The smallest absolute Gasteiger partial charge is 0.250 e. The lowest BCUT2D eigenvalue weighted by atomic mass is 10.0. The van der Waals surface area contributed by atoms with Gasteiger partial charge in [0.05, 0.1) is 0 Å². The second-order valence-corrected chi connectivity index (χ2v) is 5.47. The van der Waals surface area contributed by atoms with E-state index < -0.39 is 0 Å². The summed E-state index contributed by atoms with van der Waals surface area (Å²) in [6.07, 6.45) is 4.89. The Morgan fingerprint density at radius 3 is 2.62 bits per heavy atom. The number of hydrogen-bond donors (Lipinski definition) is 2. The Morgan fingerprint density at radius 1 is 1.00 bits per heavy atom. The van der Waals surface area contributed by atoms with E-state index in [1.54, 1.807) is 24.4 Å². The third-order valence-corrected chi connectivity index (χ3v) is 3.58. The van der Waals surface area contributed by atoms with Crippen molar-refractivity contribution >= 4 is 45.9 Å². The summed E-state index contributed by atoms with van der Waals surface area (Å²) in [5.41, 5.74) is 0.979. The van der Waals surface area contributed by atoms with Crippen molar-refractivity contribution in [2.24, 2.45) is 0 Å². The molecule has 0 atom stereocenters. The predicted octanol–water partition coefficient (Wildman–Crippen LogP) is 3.76. The van der Waals surface area contributed by atoms with Gasteiger partial charge in [0.15, 0.2) is 5.11 Å². The van der Waals surface area contributed by atoms with E-state index in [1.807, 2.05) is 48.5 Å². The maximum atomic E-state index is 12.0. The van der Waals surface area contributed by atoms with Gasteiger partial charge in [-0.1, -0.05) is 48.5 Å². The molecule has 0 saturated heterocycles. The number of fused-ring (bicyclic) bond motifs is 1. The van der Waals surface area contributed by atoms with Gasteiger partial charge in [0.25, 0.3) is 0 Å². The van der Waals surface area contributed by atoms with Gasteiger partial charge in [0.2, 0.25) is 5.91 Å². The highest BCUT2D eigenvalue weighted by Crippen LogP contribution is 2.19. The Balaban J connectivity index is 1.65. The summed E-state index contributed by atoms with van der Waals surface area (Å²) >= 11 is 5.10. The third kappa shape index (κ3) is 4.02. The number of thiocarbonyl (C=S) groups is 1. The van der Waals surface area contributed by atoms with Gasteiger partial charge in [-0.3, -0.25) is 10.1 Å². The number of aromatic nitrogens is 1. The normalized spacial score (nSPS) is 10.7. The van der Waals surface area contributed by atoms with Gasteiger partial charge in [-0.15, -0.1) is 0 Å². The molecule has 0 unspecified atom stereocenters. The number of benzene rings is 2. The maximum absolute atomic E-state index is 12.0. The zero-order valence-electron chi connectivity index (χ0n) is 12.8. The standard InChI is InChI=1S/C19H15N3OS/c23-18(22-19(24)21-17-10-3-4-13-20-17)12-11-15-8-5-7-14-6-1-2-9-16(14)15/h1-13H,(H2,20,21,22,23,24)/b12-11+. The highest BCUT2D eigenvalue weighted by molar-refractivity contribution is 7.80. The number of rotatable bonds is 3. The number of nitrogens with one attached hydrogen (secondary N) is 2. The van der Waals surface area contributed by atoms with E-state index in [2.05, 4.69) is 15.6 Å². The molecule has 4 nitrogen and oxygen atoms in total. The molecule has 0 saturated carbocycles. The van der Waals surface area contributed by atoms with Gasteiger partial charge in [-0.2, -0.15) is 0 Å². The first-order chi connectivity index (χ1) is 11.7. The van der Waals surface area contributed by atoms with Gasteiger partial charge in [0.1, 0.15) is 5.82 Å². The average molecular weight is 333 g/mol. The van der Waals surface area contributed by atoms with E-state index in [1.165, 1.54) is 6.08 Å². The van der Waals surface area contributed by atoms with Gasteiger partial charge in [-0.25, -0.2) is 4.98 Å². The fourth-order valence-corrected chi connectivity index (χ4v) is 2.50. The first-order valence-electron chi connectivity index (χ1n) is 7.41. The van der Waals surface area contributed by atoms with Crippen LogP contribution in [0.5, 0.6) is 0 Å². The molecule has 3 aromatic rings. The van der Waals surface area contributed by atoms with Crippen LogP contribution in [0, 0.1) is 0 Å². The molecular formula is C19H15N3OS. The van der Waals surface area contributed by atoms with Crippen LogP contribution in [-0.2, 0) is 4.79 Å². The number of nitrogens with zero attached hydrogens (tertiary/aromatic N) is 1. The summed E-state index contributed by atoms with van der Waals surface area (Å²) in [5.74, 6) is 0.289. The number of anilines is 1. The van der Waals surface area contributed by atoms with Gasteiger partial charge < -0.3 is 5.32 Å². The van der Waals surface area contributed by atoms with Crippen molar-refractivity contribution in [1.82, 2.24) is 10.3 Å². The van der Waals surface area contributed by atoms with Crippen molar-refractivity contribution in [2.45, 2.75) is 0 Å².